The van der Waals surface area contributed by atoms with E-state index in [0.29, 0.717) is 41.3 Å². The van der Waals surface area contributed by atoms with Crippen molar-refractivity contribution in [3.05, 3.63) is 18.2 Å². The van der Waals surface area contributed by atoms with E-state index in [2.05, 4.69) is 20.4 Å². The minimum atomic E-state index is -4.75. The summed E-state index contributed by atoms with van der Waals surface area (Å²) in [5.74, 6) is -0.500. The van der Waals surface area contributed by atoms with Gasteiger partial charge in [-0.2, -0.15) is 0 Å². The van der Waals surface area contributed by atoms with Crippen molar-refractivity contribution < 1.29 is 22.7 Å². The molecule has 1 amide bonds. The number of nitrogens with one attached hydrogen (secondary N) is 2. The molecule has 0 saturated heterocycles. The van der Waals surface area contributed by atoms with E-state index >= 15 is 0 Å². The number of thiazole rings is 1. The number of benzene rings is 1. The fourth-order valence-corrected chi connectivity index (χ4v) is 3.76. The number of amides is 1. The van der Waals surface area contributed by atoms with Gasteiger partial charge in [-0.15, -0.1) is 13.2 Å². The van der Waals surface area contributed by atoms with Gasteiger partial charge in [0.25, 0.3) is 0 Å². The zero-order valence-corrected chi connectivity index (χ0v) is 16.5. The number of alkyl halides is 3. The van der Waals surface area contributed by atoms with Crippen LogP contribution in [0.25, 0.3) is 10.2 Å². The number of rotatable bonds is 7. The molecule has 0 atom stereocenters. The molecular formula is C18H23F3N4O2S. The van der Waals surface area contributed by atoms with Crippen molar-refractivity contribution >= 4 is 32.6 Å². The summed E-state index contributed by atoms with van der Waals surface area (Å²) in [4.78, 5) is 17.1. The maximum absolute atomic E-state index is 12.8. The number of nitrogens with zero attached hydrogens (tertiary/aromatic N) is 1. The maximum Gasteiger partial charge on any atom is 0.573 e. The van der Waals surface area contributed by atoms with Crippen LogP contribution in [0.2, 0.25) is 0 Å². The van der Waals surface area contributed by atoms with E-state index in [-0.39, 0.29) is 17.1 Å². The third kappa shape index (κ3) is 4.73. The molecule has 1 aromatic heterocycles. The van der Waals surface area contributed by atoms with E-state index in [1.54, 1.807) is 0 Å². The molecule has 2 aromatic rings. The molecule has 0 unspecified atom stereocenters. The number of anilines is 1. The van der Waals surface area contributed by atoms with Gasteiger partial charge in [0.1, 0.15) is 5.75 Å². The first-order valence-corrected chi connectivity index (χ1v) is 9.77. The van der Waals surface area contributed by atoms with Gasteiger partial charge >= 0.3 is 6.36 Å². The Balaban J connectivity index is 1.71. The SMILES string of the molecule is CC(C)(CN)CNC1(C(=O)Nc2nc3ccc(OC(F)(F)F)cc3s2)CCC1. The number of carbonyl (C=O) groups excluding carboxylic acids is 1. The van der Waals surface area contributed by atoms with E-state index in [9.17, 15) is 18.0 Å². The fourth-order valence-electron chi connectivity index (χ4n) is 2.87. The molecule has 0 spiro atoms. The van der Waals surface area contributed by atoms with Crippen LogP contribution in [0, 0.1) is 5.41 Å². The fraction of sp³-hybridized carbons (Fsp3) is 0.556. The monoisotopic (exact) mass is 416 g/mol. The van der Waals surface area contributed by atoms with Crippen LogP contribution >= 0.6 is 11.3 Å². The number of nitrogens with two attached hydrogens (primary N) is 1. The van der Waals surface area contributed by atoms with Crippen LogP contribution in [0.4, 0.5) is 18.3 Å². The lowest BCUT2D eigenvalue weighted by Gasteiger charge is -2.42. The van der Waals surface area contributed by atoms with Crippen molar-refractivity contribution in [2.24, 2.45) is 11.1 Å². The third-order valence-electron chi connectivity index (χ3n) is 4.91. The molecule has 1 heterocycles. The summed E-state index contributed by atoms with van der Waals surface area (Å²) >= 11 is 1.11. The Morgan fingerprint density at radius 3 is 2.64 bits per heavy atom. The zero-order valence-electron chi connectivity index (χ0n) is 15.7. The summed E-state index contributed by atoms with van der Waals surface area (Å²) in [7, 11) is 0. The number of ether oxygens (including phenoxy) is 1. The van der Waals surface area contributed by atoms with E-state index in [4.69, 9.17) is 5.73 Å². The summed E-state index contributed by atoms with van der Waals surface area (Å²) < 4.78 is 41.5. The average Bonchev–Trinajstić information content (AvgIpc) is 2.93. The molecule has 1 aliphatic carbocycles. The van der Waals surface area contributed by atoms with Crippen LogP contribution < -0.4 is 21.1 Å². The van der Waals surface area contributed by atoms with Gasteiger partial charge < -0.3 is 21.1 Å². The van der Waals surface area contributed by atoms with Gasteiger partial charge in [-0.1, -0.05) is 25.2 Å². The summed E-state index contributed by atoms with van der Waals surface area (Å²) in [5.41, 5.74) is 5.46. The zero-order chi connectivity index (χ0) is 20.6. The van der Waals surface area contributed by atoms with Crippen molar-refractivity contribution in [2.75, 3.05) is 18.4 Å². The highest BCUT2D eigenvalue weighted by atomic mass is 32.1. The second-order valence-electron chi connectivity index (χ2n) is 7.81. The third-order valence-corrected chi connectivity index (χ3v) is 5.85. The first-order valence-electron chi connectivity index (χ1n) is 8.95. The predicted molar refractivity (Wildman–Crippen MR) is 102 cm³/mol. The lowest BCUT2D eigenvalue weighted by molar-refractivity contribution is -0.274. The molecule has 1 fully saturated rings. The van der Waals surface area contributed by atoms with E-state index < -0.39 is 11.9 Å². The van der Waals surface area contributed by atoms with Crippen LogP contribution in [0.5, 0.6) is 5.75 Å². The minimum absolute atomic E-state index is 0.131. The molecule has 0 aliphatic heterocycles. The number of hydrogen-bond donors (Lipinski definition) is 3. The number of fused-ring (bicyclic) bond motifs is 1. The Morgan fingerprint density at radius 2 is 2.07 bits per heavy atom. The standard InChI is InChI=1S/C18H23F3N4O2S/c1-16(2,9-22)10-23-17(6-3-7-17)14(26)25-15-24-12-5-4-11(8-13(12)28-15)27-18(19,20)21/h4-5,8,23H,3,6-7,9-10,22H2,1-2H3,(H,24,25,26). The van der Waals surface area contributed by atoms with Crippen molar-refractivity contribution in [1.82, 2.24) is 10.3 Å². The summed E-state index contributed by atoms with van der Waals surface area (Å²) in [6.45, 7) is 5.16. The van der Waals surface area contributed by atoms with Crippen LogP contribution in [0.15, 0.2) is 18.2 Å². The Bertz CT molecular complexity index is 862. The quantitative estimate of drug-likeness (QED) is 0.641. The van der Waals surface area contributed by atoms with E-state index in [1.165, 1.54) is 18.2 Å². The highest BCUT2D eigenvalue weighted by molar-refractivity contribution is 7.22. The Morgan fingerprint density at radius 1 is 1.36 bits per heavy atom. The molecule has 0 radical (unpaired) electrons. The molecule has 4 N–H and O–H groups in total. The normalized spacial score (nSPS) is 16.6. The molecule has 28 heavy (non-hydrogen) atoms. The molecule has 0 bridgehead atoms. The number of halogens is 3. The molecular weight excluding hydrogens is 393 g/mol. The van der Waals surface area contributed by atoms with Crippen LogP contribution in [0.3, 0.4) is 0 Å². The molecule has 1 aliphatic rings. The van der Waals surface area contributed by atoms with Gasteiger partial charge in [0.2, 0.25) is 5.91 Å². The highest BCUT2D eigenvalue weighted by Crippen LogP contribution is 2.36. The summed E-state index contributed by atoms with van der Waals surface area (Å²) in [6, 6.07) is 3.89. The molecule has 6 nitrogen and oxygen atoms in total. The second kappa shape index (κ2) is 7.49. The van der Waals surface area contributed by atoms with E-state index in [1.807, 2.05) is 13.8 Å². The summed E-state index contributed by atoms with van der Waals surface area (Å²) in [6.07, 6.45) is -2.38. The summed E-state index contributed by atoms with van der Waals surface area (Å²) in [5, 5.41) is 6.50. The lowest BCUT2D eigenvalue weighted by atomic mass is 9.75. The van der Waals surface area contributed by atoms with Gasteiger partial charge in [0.05, 0.1) is 15.8 Å². The first-order chi connectivity index (χ1) is 13.0. The van der Waals surface area contributed by atoms with E-state index in [0.717, 1.165) is 17.8 Å². The van der Waals surface area contributed by atoms with Gasteiger partial charge in [-0.05, 0) is 43.4 Å². The lowest BCUT2D eigenvalue weighted by Crippen LogP contribution is -2.61. The average molecular weight is 416 g/mol. The molecule has 10 heteroatoms. The predicted octanol–water partition coefficient (Wildman–Crippen LogP) is 3.63. The molecule has 154 valence electrons. The second-order valence-corrected chi connectivity index (χ2v) is 8.84. The maximum atomic E-state index is 12.8. The van der Waals surface area contributed by atoms with Gasteiger partial charge in [-0.25, -0.2) is 4.98 Å². The number of hydrogen-bond acceptors (Lipinski definition) is 6. The van der Waals surface area contributed by atoms with Crippen LogP contribution in [-0.4, -0.2) is 35.9 Å². The van der Waals surface area contributed by atoms with Crippen LogP contribution in [-0.2, 0) is 4.79 Å². The Labute approximate surface area is 164 Å². The largest absolute Gasteiger partial charge is 0.573 e. The van der Waals surface area contributed by atoms with Gasteiger partial charge in [-0.3, -0.25) is 4.79 Å². The highest BCUT2D eigenvalue weighted by Gasteiger charge is 2.44. The molecule has 1 aromatic carbocycles. The van der Waals surface area contributed by atoms with Crippen LogP contribution in [0.1, 0.15) is 33.1 Å². The van der Waals surface area contributed by atoms with Crippen molar-refractivity contribution in [2.45, 2.75) is 45.0 Å². The Kier molecular flexibility index (Phi) is 5.57. The van der Waals surface area contributed by atoms with Crippen molar-refractivity contribution in [1.29, 1.82) is 0 Å². The van der Waals surface area contributed by atoms with Crippen molar-refractivity contribution in [3.8, 4) is 5.75 Å². The first kappa shape index (κ1) is 20.8. The number of carbonyl (C=O) groups is 1. The molecule has 1 saturated carbocycles. The van der Waals surface area contributed by atoms with Crippen molar-refractivity contribution in [3.63, 3.8) is 0 Å². The topological polar surface area (TPSA) is 89.3 Å². The number of aromatic nitrogens is 1. The van der Waals surface area contributed by atoms with Gasteiger partial charge in [0, 0.05) is 12.6 Å². The minimum Gasteiger partial charge on any atom is -0.406 e. The smallest absolute Gasteiger partial charge is 0.406 e. The Hall–Kier alpha value is -1.91. The molecule has 3 rings (SSSR count). The van der Waals surface area contributed by atoms with Gasteiger partial charge in [0.15, 0.2) is 5.13 Å².